The van der Waals surface area contributed by atoms with E-state index in [-0.39, 0.29) is 11.6 Å². The zero-order chi connectivity index (χ0) is 16.8. The number of methoxy groups -OCH3 is 1. The van der Waals surface area contributed by atoms with Crippen LogP contribution in [-0.4, -0.2) is 60.0 Å². The van der Waals surface area contributed by atoms with Crippen LogP contribution in [0.5, 0.6) is 5.75 Å². The summed E-state index contributed by atoms with van der Waals surface area (Å²) in [6.45, 7) is 6.02. The Kier molecular flexibility index (Phi) is 11.4. The SMILES string of the molecule is COCCCOCCOCCOCCOc1ccc(C)cc1F. The molecule has 23 heavy (non-hydrogen) atoms. The first-order chi connectivity index (χ1) is 11.2. The van der Waals surface area contributed by atoms with Gasteiger partial charge in [-0.25, -0.2) is 4.39 Å². The van der Waals surface area contributed by atoms with Crippen molar-refractivity contribution in [1.29, 1.82) is 0 Å². The minimum absolute atomic E-state index is 0.251. The Bertz CT molecular complexity index is 414. The second-order valence-corrected chi connectivity index (χ2v) is 4.97. The first-order valence-corrected chi connectivity index (χ1v) is 7.85. The number of rotatable bonds is 14. The van der Waals surface area contributed by atoms with Gasteiger partial charge >= 0.3 is 0 Å². The van der Waals surface area contributed by atoms with Crippen LogP contribution in [0.15, 0.2) is 18.2 Å². The quantitative estimate of drug-likeness (QED) is 0.491. The molecule has 0 heterocycles. The third-order valence-corrected chi connectivity index (χ3v) is 2.95. The van der Waals surface area contributed by atoms with Gasteiger partial charge in [-0.2, -0.15) is 0 Å². The molecule has 132 valence electrons. The maximum Gasteiger partial charge on any atom is 0.165 e. The van der Waals surface area contributed by atoms with E-state index in [9.17, 15) is 4.39 Å². The summed E-state index contributed by atoms with van der Waals surface area (Å²) in [6, 6.07) is 4.88. The van der Waals surface area contributed by atoms with Crippen molar-refractivity contribution in [2.24, 2.45) is 0 Å². The van der Waals surface area contributed by atoms with Crippen LogP contribution in [0.4, 0.5) is 4.39 Å². The Morgan fingerprint density at radius 2 is 1.43 bits per heavy atom. The molecule has 6 heteroatoms. The Morgan fingerprint density at radius 1 is 0.826 bits per heavy atom. The highest BCUT2D eigenvalue weighted by molar-refractivity contribution is 5.28. The molecule has 0 aliphatic carbocycles. The molecule has 0 unspecified atom stereocenters. The molecular weight excluding hydrogens is 303 g/mol. The summed E-state index contributed by atoms with van der Waals surface area (Å²) in [5.74, 6) is -0.0973. The predicted octanol–water partition coefficient (Wildman–Crippen LogP) is 2.60. The molecule has 0 aliphatic heterocycles. The number of halogens is 1. The summed E-state index contributed by atoms with van der Waals surface area (Å²) in [6.07, 6.45) is 0.890. The van der Waals surface area contributed by atoms with Gasteiger partial charge in [0.2, 0.25) is 0 Å². The van der Waals surface area contributed by atoms with Gasteiger partial charge in [-0.1, -0.05) is 6.07 Å². The molecule has 0 aromatic heterocycles. The van der Waals surface area contributed by atoms with Crippen LogP contribution in [0.25, 0.3) is 0 Å². The molecule has 0 N–H and O–H groups in total. The maximum absolute atomic E-state index is 13.5. The van der Waals surface area contributed by atoms with E-state index in [2.05, 4.69) is 0 Å². The summed E-state index contributed by atoms with van der Waals surface area (Å²) in [5.41, 5.74) is 0.867. The topological polar surface area (TPSA) is 46.2 Å². The van der Waals surface area contributed by atoms with Crippen LogP contribution in [-0.2, 0) is 18.9 Å². The molecule has 5 nitrogen and oxygen atoms in total. The second kappa shape index (κ2) is 13.2. The summed E-state index contributed by atoms with van der Waals surface area (Å²) in [5, 5.41) is 0. The molecule has 0 aliphatic rings. The van der Waals surface area contributed by atoms with E-state index in [1.807, 2.05) is 13.0 Å². The van der Waals surface area contributed by atoms with Crippen molar-refractivity contribution in [2.45, 2.75) is 13.3 Å². The van der Waals surface area contributed by atoms with Gasteiger partial charge in [0.05, 0.1) is 33.0 Å². The number of ether oxygens (including phenoxy) is 5. The number of benzene rings is 1. The third-order valence-electron chi connectivity index (χ3n) is 2.95. The lowest BCUT2D eigenvalue weighted by Gasteiger charge is -2.09. The van der Waals surface area contributed by atoms with Crippen molar-refractivity contribution in [3.05, 3.63) is 29.6 Å². The molecule has 0 radical (unpaired) electrons. The van der Waals surface area contributed by atoms with E-state index in [1.165, 1.54) is 6.07 Å². The van der Waals surface area contributed by atoms with Crippen LogP contribution in [0, 0.1) is 12.7 Å². The van der Waals surface area contributed by atoms with Crippen LogP contribution in [0.3, 0.4) is 0 Å². The Hall–Kier alpha value is -1.21. The number of hydrogen-bond donors (Lipinski definition) is 0. The number of hydrogen-bond acceptors (Lipinski definition) is 5. The largest absolute Gasteiger partial charge is 0.488 e. The summed E-state index contributed by atoms with van der Waals surface area (Å²) in [4.78, 5) is 0. The van der Waals surface area contributed by atoms with Crippen LogP contribution in [0.2, 0.25) is 0 Å². The summed E-state index contributed by atoms with van der Waals surface area (Å²) < 4.78 is 39.8. The fourth-order valence-corrected chi connectivity index (χ4v) is 1.78. The van der Waals surface area contributed by atoms with E-state index < -0.39 is 0 Å². The Balaban J connectivity index is 1.86. The highest BCUT2D eigenvalue weighted by Crippen LogP contribution is 2.17. The van der Waals surface area contributed by atoms with Crippen molar-refractivity contribution < 1.29 is 28.1 Å². The zero-order valence-electron chi connectivity index (χ0n) is 14.0. The lowest BCUT2D eigenvalue weighted by atomic mass is 10.2. The Morgan fingerprint density at radius 3 is 2.04 bits per heavy atom. The van der Waals surface area contributed by atoms with Gasteiger partial charge in [-0.05, 0) is 31.0 Å². The molecule has 0 saturated heterocycles. The van der Waals surface area contributed by atoms with Gasteiger partial charge in [0.15, 0.2) is 11.6 Å². The van der Waals surface area contributed by atoms with Gasteiger partial charge in [-0.3, -0.25) is 0 Å². The molecule has 0 saturated carbocycles. The van der Waals surface area contributed by atoms with E-state index in [0.29, 0.717) is 52.9 Å². The van der Waals surface area contributed by atoms with E-state index in [1.54, 1.807) is 13.2 Å². The van der Waals surface area contributed by atoms with E-state index >= 15 is 0 Å². The lowest BCUT2D eigenvalue weighted by Crippen LogP contribution is -2.13. The smallest absolute Gasteiger partial charge is 0.165 e. The van der Waals surface area contributed by atoms with Crippen molar-refractivity contribution in [3.63, 3.8) is 0 Å². The van der Waals surface area contributed by atoms with Gasteiger partial charge in [0.1, 0.15) is 6.61 Å². The lowest BCUT2D eigenvalue weighted by molar-refractivity contribution is 0.00652. The Labute approximate surface area is 137 Å². The fourth-order valence-electron chi connectivity index (χ4n) is 1.78. The summed E-state index contributed by atoms with van der Waals surface area (Å²) >= 11 is 0. The maximum atomic E-state index is 13.5. The zero-order valence-corrected chi connectivity index (χ0v) is 14.0. The highest BCUT2D eigenvalue weighted by atomic mass is 19.1. The predicted molar refractivity (Wildman–Crippen MR) is 85.6 cm³/mol. The third kappa shape index (κ3) is 10.2. The highest BCUT2D eigenvalue weighted by Gasteiger charge is 2.02. The first kappa shape index (κ1) is 19.8. The minimum atomic E-state index is -0.348. The van der Waals surface area contributed by atoms with Crippen LogP contribution < -0.4 is 4.74 Å². The molecule has 1 rings (SSSR count). The average Bonchev–Trinajstić information content (AvgIpc) is 2.53. The van der Waals surface area contributed by atoms with Crippen molar-refractivity contribution >= 4 is 0 Å². The van der Waals surface area contributed by atoms with Gasteiger partial charge in [0, 0.05) is 20.3 Å². The van der Waals surface area contributed by atoms with E-state index in [0.717, 1.165) is 12.0 Å². The molecule has 1 aromatic rings. The standard InChI is InChI=1S/C17H27FO5/c1-15-4-5-17(16(18)14-15)23-13-12-22-11-10-21-9-8-20-7-3-6-19-2/h4-5,14H,3,6-13H2,1-2H3. The van der Waals surface area contributed by atoms with Gasteiger partial charge in [0.25, 0.3) is 0 Å². The molecule has 0 fully saturated rings. The van der Waals surface area contributed by atoms with Gasteiger partial charge in [-0.15, -0.1) is 0 Å². The molecular formula is C17H27FO5. The van der Waals surface area contributed by atoms with E-state index in [4.69, 9.17) is 23.7 Å². The molecule has 0 amide bonds. The van der Waals surface area contributed by atoms with Crippen molar-refractivity contribution in [2.75, 3.05) is 60.0 Å². The average molecular weight is 330 g/mol. The second-order valence-electron chi connectivity index (χ2n) is 4.97. The summed E-state index contributed by atoms with van der Waals surface area (Å²) in [7, 11) is 1.67. The van der Waals surface area contributed by atoms with Crippen molar-refractivity contribution in [3.8, 4) is 5.75 Å². The normalized spacial score (nSPS) is 10.9. The molecule has 0 bridgehead atoms. The monoisotopic (exact) mass is 330 g/mol. The minimum Gasteiger partial charge on any atom is -0.488 e. The first-order valence-electron chi connectivity index (χ1n) is 7.85. The van der Waals surface area contributed by atoms with Crippen molar-refractivity contribution in [1.82, 2.24) is 0 Å². The molecule has 1 aromatic carbocycles. The molecule has 0 spiro atoms. The molecule has 0 atom stereocenters. The van der Waals surface area contributed by atoms with Crippen LogP contribution >= 0.6 is 0 Å². The van der Waals surface area contributed by atoms with Gasteiger partial charge < -0.3 is 23.7 Å². The number of aryl methyl sites for hydroxylation is 1. The fraction of sp³-hybridized carbons (Fsp3) is 0.647. The van der Waals surface area contributed by atoms with Crippen LogP contribution in [0.1, 0.15) is 12.0 Å².